The van der Waals surface area contributed by atoms with E-state index in [9.17, 15) is 4.79 Å². The van der Waals surface area contributed by atoms with Gasteiger partial charge in [-0.2, -0.15) is 0 Å². The van der Waals surface area contributed by atoms with Crippen LogP contribution in [-0.4, -0.2) is 23.6 Å². The summed E-state index contributed by atoms with van der Waals surface area (Å²) >= 11 is 1.38. The molecule has 0 aliphatic heterocycles. The molecule has 0 saturated carbocycles. The predicted molar refractivity (Wildman–Crippen MR) is 104 cm³/mol. The molecule has 0 radical (unpaired) electrons. The van der Waals surface area contributed by atoms with E-state index in [0.717, 1.165) is 17.0 Å². The van der Waals surface area contributed by atoms with Gasteiger partial charge in [0.2, 0.25) is 0 Å². The van der Waals surface area contributed by atoms with Crippen LogP contribution in [0.25, 0.3) is 11.3 Å². The summed E-state index contributed by atoms with van der Waals surface area (Å²) < 4.78 is 11.1. The number of nitrogens with one attached hydrogen (secondary N) is 1. The van der Waals surface area contributed by atoms with Crippen LogP contribution in [0.1, 0.15) is 13.8 Å². The fourth-order valence-corrected chi connectivity index (χ4v) is 3.00. The first kappa shape index (κ1) is 17.9. The summed E-state index contributed by atoms with van der Waals surface area (Å²) in [4.78, 5) is 16.4. The lowest BCUT2D eigenvalue weighted by atomic mass is 10.2. The van der Waals surface area contributed by atoms with E-state index < -0.39 is 0 Å². The minimum absolute atomic E-state index is 0.0554. The summed E-state index contributed by atoms with van der Waals surface area (Å²) in [5.41, 5.74) is 1.78. The van der Waals surface area contributed by atoms with E-state index in [1.165, 1.54) is 11.3 Å². The Morgan fingerprint density at radius 3 is 2.50 bits per heavy atom. The molecule has 0 saturated heterocycles. The molecule has 1 amide bonds. The minimum atomic E-state index is -0.240. The zero-order valence-electron chi connectivity index (χ0n) is 14.6. The minimum Gasteiger partial charge on any atom is -0.491 e. The van der Waals surface area contributed by atoms with E-state index in [4.69, 9.17) is 9.47 Å². The monoisotopic (exact) mass is 368 g/mol. The van der Waals surface area contributed by atoms with Gasteiger partial charge in [0.05, 0.1) is 11.8 Å². The summed E-state index contributed by atoms with van der Waals surface area (Å²) in [5.74, 6) is 1.24. The van der Waals surface area contributed by atoms with Crippen LogP contribution in [0.4, 0.5) is 5.13 Å². The van der Waals surface area contributed by atoms with Crippen LogP contribution in [0.5, 0.6) is 11.5 Å². The molecule has 0 bridgehead atoms. The molecule has 0 spiro atoms. The van der Waals surface area contributed by atoms with Crippen molar-refractivity contribution in [3.05, 3.63) is 60.0 Å². The third-order valence-electron chi connectivity index (χ3n) is 3.39. The Morgan fingerprint density at radius 1 is 1.08 bits per heavy atom. The van der Waals surface area contributed by atoms with Crippen LogP contribution >= 0.6 is 11.3 Å². The molecule has 0 unspecified atom stereocenters. The van der Waals surface area contributed by atoms with E-state index in [-0.39, 0.29) is 18.6 Å². The van der Waals surface area contributed by atoms with Crippen molar-refractivity contribution in [3.8, 4) is 22.8 Å². The van der Waals surface area contributed by atoms with Gasteiger partial charge in [-0.1, -0.05) is 18.2 Å². The van der Waals surface area contributed by atoms with Crippen LogP contribution in [0.15, 0.2) is 60.0 Å². The van der Waals surface area contributed by atoms with Crippen LogP contribution in [-0.2, 0) is 4.79 Å². The molecular formula is C20H20N2O3S. The number of thiazole rings is 1. The Labute approximate surface area is 156 Å². The molecule has 1 N–H and O–H groups in total. The number of carbonyl (C=O) groups is 1. The highest BCUT2D eigenvalue weighted by atomic mass is 32.1. The lowest BCUT2D eigenvalue weighted by Gasteiger charge is -2.09. The molecule has 0 fully saturated rings. The van der Waals surface area contributed by atoms with Gasteiger partial charge < -0.3 is 9.47 Å². The highest BCUT2D eigenvalue weighted by Crippen LogP contribution is 2.26. The van der Waals surface area contributed by atoms with E-state index in [1.54, 1.807) is 12.1 Å². The molecule has 0 aliphatic carbocycles. The van der Waals surface area contributed by atoms with Crippen molar-refractivity contribution in [1.82, 2.24) is 4.98 Å². The average molecular weight is 368 g/mol. The Bertz CT molecular complexity index is 845. The number of hydrogen-bond donors (Lipinski definition) is 1. The van der Waals surface area contributed by atoms with Crippen molar-refractivity contribution in [3.63, 3.8) is 0 Å². The van der Waals surface area contributed by atoms with Gasteiger partial charge in [-0.15, -0.1) is 11.3 Å². The maximum atomic E-state index is 12.0. The highest BCUT2D eigenvalue weighted by Gasteiger charge is 2.09. The molecule has 2 aromatic carbocycles. The Morgan fingerprint density at radius 2 is 1.81 bits per heavy atom. The number of carbonyl (C=O) groups excluding carboxylic acids is 1. The molecular weight excluding hydrogens is 348 g/mol. The second kappa shape index (κ2) is 8.49. The molecule has 134 valence electrons. The Kier molecular flexibility index (Phi) is 5.86. The standard InChI is InChI=1S/C20H20N2O3S/c1-14(2)25-17-10-8-15(9-11-17)18-13-26-20(21-18)22-19(23)12-24-16-6-4-3-5-7-16/h3-11,13-14H,12H2,1-2H3,(H,21,22,23). The van der Waals surface area contributed by atoms with E-state index >= 15 is 0 Å². The van der Waals surface area contributed by atoms with Gasteiger partial charge in [0.25, 0.3) is 5.91 Å². The fourth-order valence-electron chi connectivity index (χ4n) is 2.26. The third-order valence-corrected chi connectivity index (χ3v) is 4.14. The predicted octanol–water partition coefficient (Wildman–Crippen LogP) is 4.61. The molecule has 1 heterocycles. The van der Waals surface area contributed by atoms with E-state index in [1.807, 2.05) is 61.7 Å². The van der Waals surface area contributed by atoms with Crippen molar-refractivity contribution >= 4 is 22.4 Å². The van der Waals surface area contributed by atoms with Gasteiger partial charge >= 0.3 is 0 Å². The molecule has 26 heavy (non-hydrogen) atoms. The van der Waals surface area contributed by atoms with Crippen LogP contribution < -0.4 is 14.8 Å². The number of benzene rings is 2. The fraction of sp³-hybridized carbons (Fsp3) is 0.200. The number of anilines is 1. The van der Waals surface area contributed by atoms with Gasteiger partial charge in [-0.3, -0.25) is 10.1 Å². The first-order valence-electron chi connectivity index (χ1n) is 8.30. The number of para-hydroxylation sites is 1. The normalized spacial score (nSPS) is 10.6. The van der Waals surface area contributed by atoms with Crippen molar-refractivity contribution in [2.75, 3.05) is 11.9 Å². The largest absolute Gasteiger partial charge is 0.491 e. The first-order valence-corrected chi connectivity index (χ1v) is 9.18. The van der Waals surface area contributed by atoms with Crippen LogP contribution in [0, 0.1) is 0 Å². The highest BCUT2D eigenvalue weighted by molar-refractivity contribution is 7.14. The summed E-state index contributed by atoms with van der Waals surface area (Å²) in [7, 11) is 0. The SMILES string of the molecule is CC(C)Oc1ccc(-c2csc(NC(=O)COc3ccccc3)n2)cc1. The van der Waals surface area contributed by atoms with Gasteiger partial charge in [-0.05, 0) is 50.2 Å². The first-order chi connectivity index (χ1) is 12.6. The summed E-state index contributed by atoms with van der Waals surface area (Å²) in [6.07, 6.45) is 0.139. The quantitative estimate of drug-likeness (QED) is 0.661. The summed E-state index contributed by atoms with van der Waals surface area (Å²) in [5, 5.41) is 5.21. The van der Waals surface area contributed by atoms with Crippen LogP contribution in [0.3, 0.4) is 0 Å². The second-order valence-corrected chi connectivity index (χ2v) is 6.74. The smallest absolute Gasteiger partial charge is 0.264 e. The third kappa shape index (κ3) is 5.07. The maximum Gasteiger partial charge on any atom is 0.264 e. The molecule has 3 aromatic rings. The number of hydrogen-bond acceptors (Lipinski definition) is 5. The van der Waals surface area contributed by atoms with E-state index in [0.29, 0.717) is 10.9 Å². The van der Waals surface area contributed by atoms with Crippen LogP contribution in [0.2, 0.25) is 0 Å². The van der Waals surface area contributed by atoms with Gasteiger partial charge in [0.1, 0.15) is 11.5 Å². The Hall–Kier alpha value is -2.86. The van der Waals surface area contributed by atoms with Crippen molar-refractivity contribution in [1.29, 1.82) is 0 Å². The maximum absolute atomic E-state index is 12.0. The number of nitrogens with zero attached hydrogens (tertiary/aromatic N) is 1. The number of amides is 1. The number of aromatic nitrogens is 1. The number of ether oxygens (including phenoxy) is 2. The molecule has 3 rings (SSSR count). The van der Waals surface area contributed by atoms with E-state index in [2.05, 4.69) is 10.3 Å². The average Bonchev–Trinajstić information content (AvgIpc) is 3.09. The molecule has 1 aromatic heterocycles. The summed E-state index contributed by atoms with van der Waals surface area (Å²) in [6, 6.07) is 17.0. The lowest BCUT2D eigenvalue weighted by Crippen LogP contribution is -2.19. The van der Waals surface area contributed by atoms with Crippen molar-refractivity contribution in [2.45, 2.75) is 20.0 Å². The number of rotatable bonds is 7. The lowest BCUT2D eigenvalue weighted by molar-refractivity contribution is -0.118. The zero-order valence-corrected chi connectivity index (χ0v) is 15.5. The molecule has 0 aliphatic rings. The van der Waals surface area contributed by atoms with Crippen molar-refractivity contribution < 1.29 is 14.3 Å². The van der Waals surface area contributed by atoms with Crippen molar-refractivity contribution in [2.24, 2.45) is 0 Å². The Balaban J connectivity index is 1.56. The van der Waals surface area contributed by atoms with Gasteiger partial charge in [0, 0.05) is 10.9 Å². The topological polar surface area (TPSA) is 60.5 Å². The summed E-state index contributed by atoms with van der Waals surface area (Å²) in [6.45, 7) is 3.93. The molecule has 6 heteroatoms. The molecule has 0 atom stereocenters. The zero-order chi connectivity index (χ0) is 18.4. The second-order valence-electron chi connectivity index (χ2n) is 5.88. The van der Waals surface area contributed by atoms with Gasteiger partial charge in [0.15, 0.2) is 11.7 Å². The van der Waals surface area contributed by atoms with Gasteiger partial charge in [-0.25, -0.2) is 4.98 Å². The molecule has 5 nitrogen and oxygen atoms in total.